The van der Waals surface area contributed by atoms with Crippen LogP contribution in [-0.4, -0.2) is 55.2 Å². The quantitative estimate of drug-likeness (QED) is 0.395. The van der Waals surface area contributed by atoms with Gasteiger partial charge in [-0.25, -0.2) is 0 Å². The smallest absolute Gasteiger partial charge is 0.319 e. The van der Waals surface area contributed by atoms with Crippen molar-refractivity contribution in [3.63, 3.8) is 0 Å². The van der Waals surface area contributed by atoms with E-state index < -0.39 is 23.7 Å². The largest absolute Gasteiger partial charge is 0.491 e. The Morgan fingerprint density at radius 3 is 2.30 bits per heavy atom. The molecule has 0 fully saturated rings. The summed E-state index contributed by atoms with van der Waals surface area (Å²) in [7, 11) is 1.16. The first-order chi connectivity index (χ1) is 15.7. The highest BCUT2D eigenvalue weighted by molar-refractivity contribution is 8.03. The van der Waals surface area contributed by atoms with Crippen molar-refractivity contribution < 1.29 is 23.9 Å². The summed E-state index contributed by atoms with van der Waals surface area (Å²) in [5, 5.41) is 13.1. The van der Waals surface area contributed by atoms with E-state index in [-0.39, 0.29) is 38.1 Å². The monoisotopic (exact) mass is 513 g/mol. The van der Waals surface area contributed by atoms with Crippen LogP contribution in [0, 0.1) is 17.2 Å². The minimum atomic E-state index is -1.34. The van der Waals surface area contributed by atoms with Gasteiger partial charge in [-0.05, 0) is 38.5 Å². The van der Waals surface area contributed by atoms with Gasteiger partial charge in [0.2, 0.25) is 11.8 Å². The van der Waals surface area contributed by atoms with Crippen LogP contribution in [0.1, 0.15) is 32.3 Å². The summed E-state index contributed by atoms with van der Waals surface area (Å²) >= 11 is 13.7. The van der Waals surface area contributed by atoms with Crippen LogP contribution in [0.25, 0.3) is 0 Å². The van der Waals surface area contributed by atoms with Crippen molar-refractivity contribution in [2.75, 3.05) is 32.6 Å². The predicted molar refractivity (Wildman–Crippen MR) is 127 cm³/mol. The third kappa shape index (κ3) is 5.94. The molecule has 0 aliphatic carbocycles. The molecular weight excluding hydrogens is 489 g/mol. The van der Waals surface area contributed by atoms with E-state index in [1.165, 1.54) is 12.1 Å². The standard InChI is InChI=1S/C22H25Cl2N3O5S/c1-5-27(6-2)16(28)11-33-21-13(10-25)17(18(20(29)26-21)22(30)31-4)12-8-14(23)19(32-7-3)15(24)9-12/h8-9,17-18H,5-7,11H2,1-4H3,(H,26,29)/t17-,18+/m0/s1. The maximum atomic E-state index is 12.9. The van der Waals surface area contributed by atoms with E-state index in [1.54, 1.807) is 11.8 Å². The lowest BCUT2D eigenvalue weighted by molar-refractivity contribution is -0.150. The highest BCUT2D eigenvalue weighted by atomic mass is 35.5. The van der Waals surface area contributed by atoms with Crippen molar-refractivity contribution in [1.82, 2.24) is 10.2 Å². The Labute approximate surface area is 207 Å². The number of nitriles is 1. The molecule has 0 saturated heterocycles. The van der Waals surface area contributed by atoms with Gasteiger partial charge in [0.25, 0.3) is 0 Å². The number of carbonyl (C=O) groups is 3. The first-order valence-corrected chi connectivity index (χ1v) is 12.0. The Hall–Kier alpha value is -2.41. The molecule has 178 valence electrons. The molecule has 2 atom stereocenters. The summed E-state index contributed by atoms with van der Waals surface area (Å²) in [6.07, 6.45) is 0. The van der Waals surface area contributed by atoms with E-state index in [2.05, 4.69) is 11.4 Å². The van der Waals surface area contributed by atoms with Crippen LogP contribution in [0.4, 0.5) is 0 Å². The van der Waals surface area contributed by atoms with Gasteiger partial charge in [0, 0.05) is 19.0 Å². The lowest BCUT2D eigenvalue weighted by Crippen LogP contribution is -2.44. The average molecular weight is 514 g/mol. The van der Waals surface area contributed by atoms with E-state index in [0.717, 1.165) is 18.9 Å². The van der Waals surface area contributed by atoms with Crippen molar-refractivity contribution in [3.8, 4) is 11.8 Å². The number of methoxy groups -OCH3 is 1. The molecule has 33 heavy (non-hydrogen) atoms. The highest BCUT2D eigenvalue weighted by Crippen LogP contribution is 2.44. The number of amides is 2. The van der Waals surface area contributed by atoms with Crippen molar-refractivity contribution in [3.05, 3.63) is 38.3 Å². The molecule has 1 N–H and O–H groups in total. The lowest BCUT2D eigenvalue weighted by atomic mass is 9.78. The number of hydrogen-bond donors (Lipinski definition) is 1. The zero-order valence-electron chi connectivity index (χ0n) is 18.7. The third-order valence-electron chi connectivity index (χ3n) is 5.11. The maximum Gasteiger partial charge on any atom is 0.319 e. The van der Waals surface area contributed by atoms with Crippen molar-refractivity contribution in [2.24, 2.45) is 5.92 Å². The van der Waals surface area contributed by atoms with Crippen LogP contribution < -0.4 is 10.1 Å². The van der Waals surface area contributed by atoms with Crippen LogP contribution in [0.3, 0.4) is 0 Å². The minimum Gasteiger partial charge on any atom is -0.491 e. The zero-order chi connectivity index (χ0) is 24.7. The second-order valence-electron chi connectivity index (χ2n) is 6.92. The van der Waals surface area contributed by atoms with Gasteiger partial charge >= 0.3 is 5.97 Å². The number of halogens is 2. The summed E-state index contributed by atoms with van der Waals surface area (Å²) in [6, 6.07) is 5.11. The lowest BCUT2D eigenvalue weighted by Gasteiger charge is -2.31. The summed E-state index contributed by atoms with van der Waals surface area (Å²) < 4.78 is 10.3. The third-order valence-corrected chi connectivity index (χ3v) is 6.67. The molecule has 1 heterocycles. The summed E-state index contributed by atoms with van der Waals surface area (Å²) in [6.45, 7) is 6.93. The Bertz CT molecular complexity index is 981. The Kier molecular flexibility index (Phi) is 9.89. The highest BCUT2D eigenvalue weighted by Gasteiger charge is 2.44. The van der Waals surface area contributed by atoms with E-state index in [9.17, 15) is 19.6 Å². The molecule has 8 nitrogen and oxygen atoms in total. The summed E-state index contributed by atoms with van der Waals surface area (Å²) in [4.78, 5) is 39.5. The number of carbonyl (C=O) groups excluding carboxylic acids is 3. The molecule has 0 unspecified atom stereocenters. The molecule has 2 amide bonds. The Morgan fingerprint density at radius 2 is 1.82 bits per heavy atom. The molecule has 0 saturated carbocycles. The van der Waals surface area contributed by atoms with Gasteiger partial charge in [0.05, 0.1) is 46.2 Å². The van der Waals surface area contributed by atoms with Gasteiger partial charge in [0.15, 0.2) is 5.75 Å². The molecule has 0 radical (unpaired) electrons. The molecule has 1 aromatic rings. The number of rotatable bonds is 9. The Balaban J connectivity index is 2.57. The molecule has 0 aromatic heterocycles. The molecule has 1 aromatic carbocycles. The normalized spacial score (nSPS) is 17.8. The van der Waals surface area contributed by atoms with Gasteiger partial charge < -0.3 is 19.7 Å². The van der Waals surface area contributed by atoms with Crippen LogP contribution in [0.15, 0.2) is 22.7 Å². The number of esters is 1. The molecule has 1 aliphatic rings. The van der Waals surface area contributed by atoms with Gasteiger partial charge in [-0.1, -0.05) is 35.0 Å². The van der Waals surface area contributed by atoms with E-state index in [4.69, 9.17) is 32.7 Å². The first kappa shape index (κ1) is 26.8. The van der Waals surface area contributed by atoms with Gasteiger partial charge in [-0.15, -0.1) is 0 Å². The number of nitrogens with zero attached hydrogens (tertiary/aromatic N) is 2. The second kappa shape index (κ2) is 12.2. The fourth-order valence-electron chi connectivity index (χ4n) is 3.52. The van der Waals surface area contributed by atoms with Crippen molar-refractivity contribution >= 4 is 52.7 Å². The number of thioether (sulfide) groups is 1. The topological polar surface area (TPSA) is 109 Å². The molecule has 11 heteroatoms. The predicted octanol–water partition coefficient (Wildman–Crippen LogP) is 3.73. The number of hydrogen-bond acceptors (Lipinski definition) is 7. The number of benzene rings is 1. The van der Waals surface area contributed by atoms with Crippen LogP contribution in [-0.2, 0) is 19.1 Å². The van der Waals surface area contributed by atoms with Crippen molar-refractivity contribution in [1.29, 1.82) is 5.26 Å². The minimum absolute atomic E-state index is 0.0167. The Morgan fingerprint density at radius 1 is 1.21 bits per heavy atom. The second-order valence-corrected chi connectivity index (χ2v) is 8.72. The molecule has 0 bridgehead atoms. The number of allylic oxidation sites excluding steroid dienone is 1. The first-order valence-electron chi connectivity index (χ1n) is 10.3. The molecular formula is C22H25Cl2N3O5S. The van der Waals surface area contributed by atoms with Gasteiger partial charge in [-0.2, -0.15) is 5.26 Å². The van der Waals surface area contributed by atoms with E-state index >= 15 is 0 Å². The van der Waals surface area contributed by atoms with Gasteiger partial charge in [-0.3, -0.25) is 14.4 Å². The fourth-order valence-corrected chi connectivity index (χ4v) is 5.09. The number of nitrogens with one attached hydrogen (secondary N) is 1. The molecule has 0 spiro atoms. The summed E-state index contributed by atoms with van der Waals surface area (Å²) in [5.41, 5.74) is 0.488. The van der Waals surface area contributed by atoms with Crippen LogP contribution in [0.5, 0.6) is 5.75 Å². The zero-order valence-corrected chi connectivity index (χ0v) is 21.1. The maximum absolute atomic E-state index is 12.9. The van der Waals surface area contributed by atoms with Crippen LogP contribution >= 0.6 is 35.0 Å². The SMILES string of the molecule is CCOc1c(Cl)cc([C@H]2C(C#N)=C(SCC(=O)N(CC)CC)NC(=O)[C@@H]2C(=O)OC)cc1Cl. The molecule has 1 aliphatic heterocycles. The van der Waals surface area contributed by atoms with E-state index in [0.29, 0.717) is 25.3 Å². The van der Waals surface area contributed by atoms with E-state index in [1.807, 2.05) is 13.8 Å². The van der Waals surface area contributed by atoms with Gasteiger partial charge in [0.1, 0.15) is 5.92 Å². The van der Waals surface area contributed by atoms with Crippen LogP contribution in [0.2, 0.25) is 10.0 Å². The molecule has 2 rings (SSSR count). The average Bonchev–Trinajstić information content (AvgIpc) is 2.79. The number of ether oxygens (including phenoxy) is 2. The van der Waals surface area contributed by atoms with Crippen molar-refractivity contribution in [2.45, 2.75) is 26.7 Å². The fraction of sp³-hybridized carbons (Fsp3) is 0.455. The summed E-state index contributed by atoms with van der Waals surface area (Å²) in [5.74, 6) is -3.66.